The van der Waals surface area contributed by atoms with Crippen molar-refractivity contribution < 1.29 is 28.6 Å². The Hall–Kier alpha value is -4.32. The maximum Gasteiger partial charge on any atom is 0.273 e. The number of hydrogen-bond acceptors (Lipinski definition) is 9. The summed E-state index contributed by atoms with van der Waals surface area (Å²) in [5.74, 6) is -0.377. The van der Waals surface area contributed by atoms with Crippen molar-refractivity contribution in [3.05, 3.63) is 58.6 Å². The first-order valence-electron chi connectivity index (χ1n) is 12.9. The Balaban J connectivity index is 1.88. The summed E-state index contributed by atoms with van der Waals surface area (Å²) in [5.41, 5.74) is 12.1. The maximum atomic E-state index is 14.2. The predicted molar refractivity (Wildman–Crippen MR) is 152 cm³/mol. The van der Waals surface area contributed by atoms with Crippen molar-refractivity contribution in [3.8, 4) is 17.2 Å². The number of anilines is 2. The van der Waals surface area contributed by atoms with E-state index in [1.807, 2.05) is 6.92 Å². The zero-order valence-corrected chi connectivity index (χ0v) is 23.5. The second kappa shape index (κ2) is 12.7. The Bertz CT molecular complexity index is 1370. The molecule has 5 N–H and O–H groups in total. The number of nitrogens with two attached hydrogens (primary N) is 2. The van der Waals surface area contributed by atoms with Crippen LogP contribution in [0.2, 0.25) is 0 Å². The van der Waals surface area contributed by atoms with Crippen LogP contribution >= 0.6 is 11.5 Å². The molecule has 1 aliphatic carbocycles. The normalized spacial score (nSPS) is 13.9. The molecule has 1 atom stereocenters. The molecule has 0 spiro atoms. The van der Waals surface area contributed by atoms with E-state index in [0.29, 0.717) is 35.1 Å². The van der Waals surface area contributed by atoms with Gasteiger partial charge in [-0.05, 0) is 73.3 Å². The van der Waals surface area contributed by atoms with Crippen molar-refractivity contribution in [3.63, 3.8) is 0 Å². The average Bonchev–Trinajstić information content (AvgIpc) is 3.61. The summed E-state index contributed by atoms with van der Waals surface area (Å²) in [7, 11) is 3.01. The summed E-state index contributed by atoms with van der Waals surface area (Å²) in [6.07, 6.45) is 3.73. The van der Waals surface area contributed by atoms with E-state index in [0.717, 1.165) is 37.2 Å². The van der Waals surface area contributed by atoms with Crippen molar-refractivity contribution in [2.24, 2.45) is 5.73 Å². The van der Waals surface area contributed by atoms with Crippen molar-refractivity contribution in [1.29, 1.82) is 0 Å². The van der Waals surface area contributed by atoms with Crippen LogP contribution in [0.25, 0.3) is 0 Å². The van der Waals surface area contributed by atoms with Gasteiger partial charge in [0.2, 0.25) is 5.91 Å². The number of benzene rings is 2. The maximum absolute atomic E-state index is 14.2. The number of primary amides is 1. The summed E-state index contributed by atoms with van der Waals surface area (Å²) < 4.78 is 20.5. The molecular weight excluding hydrogens is 534 g/mol. The van der Waals surface area contributed by atoms with Crippen LogP contribution in [-0.2, 0) is 4.79 Å². The fourth-order valence-electron chi connectivity index (χ4n) is 4.78. The number of ether oxygens (including phenoxy) is 3. The van der Waals surface area contributed by atoms with Crippen LogP contribution in [0.5, 0.6) is 17.2 Å². The minimum Gasteiger partial charge on any atom is -0.494 e. The van der Waals surface area contributed by atoms with Gasteiger partial charge in [-0.15, -0.1) is 0 Å². The number of nitrogens with zero attached hydrogens (tertiary/aromatic N) is 2. The van der Waals surface area contributed by atoms with Gasteiger partial charge in [0.1, 0.15) is 16.7 Å². The summed E-state index contributed by atoms with van der Waals surface area (Å²) in [5, 5.41) is 3.12. The fourth-order valence-corrected chi connectivity index (χ4v) is 5.52. The van der Waals surface area contributed by atoms with Gasteiger partial charge in [0.15, 0.2) is 17.2 Å². The van der Waals surface area contributed by atoms with E-state index >= 15 is 0 Å². The quantitative estimate of drug-likeness (QED) is 0.316. The van der Waals surface area contributed by atoms with Crippen molar-refractivity contribution >= 4 is 40.6 Å². The molecule has 11 nitrogen and oxygen atoms in total. The molecule has 3 aromatic rings. The Morgan fingerprint density at radius 3 is 2.33 bits per heavy atom. The lowest BCUT2D eigenvalue weighted by molar-refractivity contribution is -0.123. The lowest BCUT2D eigenvalue weighted by Gasteiger charge is -2.32. The average molecular weight is 568 g/mol. The Kier molecular flexibility index (Phi) is 9.10. The number of methoxy groups -OCH3 is 2. The highest BCUT2D eigenvalue weighted by atomic mass is 32.1. The lowest BCUT2D eigenvalue weighted by Crippen LogP contribution is -2.46. The molecule has 1 aromatic heterocycles. The molecule has 1 unspecified atom stereocenters. The van der Waals surface area contributed by atoms with E-state index in [9.17, 15) is 14.4 Å². The first-order valence-corrected chi connectivity index (χ1v) is 13.7. The van der Waals surface area contributed by atoms with E-state index < -0.39 is 17.9 Å². The van der Waals surface area contributed by atoms with Gasteiger partial charge in [-0.3, -0.25) is 19.3 Å². The molecule has 4 rings (SSSR count). The van der Waals surface area contributed by atoms with Gasteiger partial charge in [-0.1, -0.05) is 18.9 Å². The number of nitrogens with one attached hydrogen (secondary N) is 1. The van der Waals surface area contributed by atoms with Gasteiger partial charge in [0.25, 0.3) is 11.8 Å². The summed E-state index contributed by atoms with van der Waals surface area (Å²) in [4.78, 5) is 41.5. The van der Waals surface area contributed by atoms with E-state index in [1.54, 1.807) is 42.5 Å². The second-order valence-electron chi connectivity index (χ2n) is 9.25. The third-order valence-corrected chi connectivity index (χ3v) is 7.58. The molecule has 2 aromatic carbocycles. The van der Waals surface area contributed by atoms with Crippen LogP contribution in [0.1, 0.15) is 64.4 Å². The van der Waals surface area contributed by atoms with Crippen molar-refractivity contribution in [1.82, 2.24) is 9.69 Å². The fraction of sp³-hybridized carbons (Fsp3) is 0.357. The topological polar surface area (TPSA) is 159 Å². The summed E-state index contributed by atoms with van der Waals surface area (Å²) in [6, 6.07) is 10.7. The number of hydrogen-bond donors (Lipinski definition) is 3. The standard InChI is InChI=1S/C28H33N5O6S/c1-4-39-19-12-10-18(11-13-19)33(28(36)25-22(29)23(26(30)34)32-40-25)24(27(35)31-17-7-5-6-8-17)16-9-14-20(37-2)21(15-16)38-3/h9-15,17,24H,4-8,29H2,1-3H3,(H2,30,34)(H,31,35). The molecule has 0 aliphatic heterocycles. The van der Waals surface area contributed by atoms with Crippen LogP contribution in [-0.4, -0.2) is 49.0 Å². The van der Waals surface area contributed by atoms with Gasteiger partial charge >= 0.3 is 0 Å². The molecule has 1 saturated carbocycles. The number of carbonyl (C=O) groups is 3. The summed E-state index contributed by atoms with van der Waals surface area (Å²) in [6.45, 7) is 2.33. The summed E-state index contributed by atoms with van der Waals surface area (Å²) >= 11 is 0.750. The van der Waals surface area contributed by atoms with Crippen molar-refractivity contribution in [2.75, 3.05) is 31.5 Å². The molecule has 12 heteroatoms. The third kappa shape index (κ3) is 5.96. The number of amides is 3. The first-order chi connectivity index (χ1) is 19.3. The molecule has 1 heterocycles. The smallest absolute Gasteiger partial charge is 0.273 e. The highest BCUT2D eigenvalue weighted by molar-refractivity contribution is 7.09. The van der Waals surface area contributed by atoms with Crippen LogP contribution < -0.4 is 35.9 Å². The van der Waals surface area contributed by atoms with Crippen LogP contribution in [0.15, 0.2) is 42.5 Å². The van der Waals surface area contributed by atoms with Crippen molar-refractivity contribution in [2.45, 2.75) is 44.7 Å². The van der Waals surface area contributed by atoms with E-state index in [1.165, 1.54) is 19.1 Å². The zero-order valence-electron chi connectivity index (χ0n) is 22.6. The van der Waals surface area contributed by atoms with Crippen LogP contribution in [0, 0.1) is 0 Å². The largest absolute Gasteiger partial charge is 0.494 e. The van der Waals surface area contributed by atoms with Crippen LogP contribution in [0.3, 0.4) is 0 Å². The highest BCUT2D eigenvalue weighted by Gasteiger charge is 2.37. The zero-order chi connectivity index (χ0) is 28.8. The molecule has 0 bridgehead atoms. The number of carbonyl (C=O) groups excluding carboxylic acids is 3. The SMILES string of the molecule is CCOc1ccc(N(C(=O)c2snc(C(N)=O)c2N)C(C(=O)NC2CCCC2)c2ccc(OC)c(OC)c2)cc1. The van der Waals surface area contributed by atoms with Gasteiger partial charge in [-0.25, -0.2) is 0 Å². The third-order valence-electron chi connectivity index (χ3n) is 6.73. The number of rotatable bonds is 11. The van der Waals surface area contributed by atoms with Gasteiger partial charge in [-0.2, -0.15) is 4.37 Å². The van der Waals surface area contributed by atoms with Gasteiger partial charge < -0.3 is 31.0 Å². The molecular formula is C28H33N5O6S. The van der Waals surface area contributed by atoms with E-state index in [-0.39, 0.29) is 28.2 Å². The van der Waals surface area contributed by atoms with Gasteiger partial charge in [0.05, 0.1) is 26.5 Å². The molecule has 212 valence electrons. The minimum absolute atomic E-state index is 0.0117. The molecule has 0 saturated heterocycles. The Morgan fingerprint density at radius 2 is 1.75 bits per heavy atom. The first kappa shape index (κ1) is 28.7. The number of nitrogen functional groups attached to an aromatic ring is 1. The molecule has 1 fully saturated rings. The lowest BCUT2D eigenvalue weighted by atomic mass is 10.0. The van der Waals surface area contributed by atoms with Gasteiger partial charge in [0, 0.05) is 11.7 Å². The predicted octanol–water partition coefficient (Wildman–Crippen LogP) is 3.69. The molecule has 3 amide bonds. The second-order valence-corrected chi connectivity index (χ2v) is 10.0. The van der Waals surface area contributed by atoms with Crippen LogP contribution in [0.4, 0.5) is 11.4 Å². The number of aromatic nitrogens is 1. The highest BCUT2D eigenvalue weighted by Crippen LogP contribution is 2.37. The molecule has 0 radical (unpaired) electrons. The van der Waals surface area contributed by atoms with E-state index in [2.05, 4.69) is 9.69 Å². The Morgan fingerprint density at radius 1 is 1.07 bits per heavy atom. The molecule has 40 heavy (non-hydrogen) atoms. The Labute approximate surface area is 236 Å². The van der Waals surface area contributed by atoms with E-state index in [4.69, 9.17) is 25.7 Å². The minimum atomic E-state index is -1.13. The molecule has 1 aliphatic rings. The monoisotopic (exact) mass is 567 g/mol.